The predicted molar refractivity (Wildman–Crippen MR) is 104 cm³/mol. The highest BCUT2D eigenvalue weighted by molar-refractivity contribution is 6.43. The van der Waals surface area contributed by atoms with Crippen molar-refractivity contribution in [3.63, 3.8) is 0 Å². The molecule has 3 rings (SSSR count). The number of rotatable bonds is 4. The summed E-state index contributed by atoms with van der Waals surface area (Å²) in [6, 6.07) is 3.12. The van der Waals surface area contributed by atoms with Gasteiger partial charge in [-0.15, -0.1) is 0 Å². The van der Waals surface area contributed by atoms with Crippen molar-refractivity contribution >= 4 is 46.7 Å². The van der Waals surface area contributed by atoms with Crippen molar-refractivity contribution in [1.29, 1.82) is 0 Å². The second-order valence-corrected chi connectivity index (χ2v) is 8.11. The Balaban J connectivity index is 1.62. The second-order valence-electron chi connectivity index (χ2n) is 7.33. The molecule has 2 aliphatic rings. The molecular weight excluding hydrogens is 391 g/mol. The van der Waals surface area contributed by atoms with E-state index in [1.807, 2.05) is 13.8 Å². The van der Waals surface area contributed by atoms with Crippen LogP contribution in [0.15, 0.2) is 18.2 Å². The van der Waals surface area contributed by atoms with Gasteiger partial charge in [-0.05, 0) is 30.9 Å². The summed E-state index contributed by atoms with van der Waals surface area (Å²) >= 11 is 12.0. The van der Waals surface area contributed by atoms with Crippen molar-refractivity contribution in [2.24, 2.45) is 5.92 Å². The van der Waals surface area contributed by atoms with E-state index in [9.17, 15) is 14.4 Å². The molecule has 3 atom stereocenters. The quantitative estimate of drug-likeness (QED) is 0.709. The van der Waals surface area contributed by atoms with Gasteiger partial charge in [-0.1, -0.05) is 43.1 Å². The third-order valence-corrected chi connectivity index (χ3v) is 5.56. The molecule has 7 nitrogen and oxygen atoms in total. The zero-order valence-corrected chi connectivity index (χ0v) is 16.6. The number of fused-ring (bicyclic) bond motifs is 1. The van der Waals surface area contributed by atoms with Crippen LogP contribution in [0.2, 0.25) is 10.0 Å². The summed E-state index contributed by atoms with van der Waals surface area (Å²) in [6.07, 6.45) is 0.975. The number of anilines is 1. The van der Waals surface area contributed by atoms with Gasteiger partial charge in [-0.25, -0.2) is 4.79 Å². The van der Waals surface area contributed by atoms with Crippen LogP contribution in [0.3, 0.4) is 0 Å². The van der Waals surface area contributed by atoms with Crippen LogP contribution in [0.4, 0.5) is 10.5 Å². The molecule has 2 heterocycles. The molecule has 27 heavy (non-hydrogen) atoms. The molecule has 0 unspecified atom stereocenters. The summed E-state index contributed by atoms with van der Waals surface area (Å²) < 4.78 is 0. The van der Waals surface area contributed by atoms with Gasteiger partial charge in [0.1, 0.15) is 12.1 Å². The number of carbonyl (C=O) groups is 3. The number of amides is 4. The summed E-state index contributed by atoms with van der Waals surface area (Å²) in [7, 11) is 0. The highest BCUT2D eigenvalue weighted by Crippen LogP contribution is 2.30. The lowest BCUT2D eigenvalue weighted by atomic mass is 9.99. The van der Waals surface area contributed by atoms with Crippen LogP contribution in [0.1, 0.15) is 26.7 Å². The SMILES string of the molecule is CC(C)C[C@@H]1NC(=O)[C@@H]2C[C@H](NC(=O)Nc3cccc(Cl)c3Cl)CN2C1=O. The summed E-state index contributed by atoms with van der Waals surface area (Å²) in [6.45, 7) is 4.32. The maximum Gasteiger partial charge on any atom is 0.319 e. The maximum absolute atomic E-state index is 12.6. The molecule has 2 aliphatic heterocycles. The van der Waals surface area contributed by atoms with Crippen molar-refractivity contribution < 1.29 is 14.4 Å². The fraction of sp³-hybridized carbons (Fsp3) is 0.500. The molecule has 2 fully saturated rings. The van der Waals surface area contributed by atoms with E-state index in [0.29, 0.717) is 36.0 Å². The Labute approximate surface area is 167 Å². The Hall–Kier alpha value is -1.99. The van der Waals surface area contributed by atoms with E-state index in [-0.39, 0.29) is 22.9 Å². The van der Waals surface area contributed by atoms with Crippen LogP contribution in [-0.2, 0) is 9.59 Å². The van der Waals surface area contributed by atoms with Crippen LogP contribution in [0.5, 0.6) is 0 Å². The molecule has 146 valence electrons. The smallest absolute Gasteiger partial charge is 0.319 e. The number of halogens is 2. The Kier molecular flexibility index (Phi) is 5.81. The van der Waals surface area contributed by atoms with E-state index < -0.39 is 18.1 Å². The van der Waals surface area contributed by atoms with E-state index in [1.165, 1.54) is 0 Å². The first-order valence-corrected chi connectivity index (χ1v) is 9.64. The first kappa shape index (κ1) is 19.8. The Morgan fingerprint density at radius 3 is 2.78 bits per heavy atom. The molecule has 0 radical (unpaired) electrons. The molecule has 3 N–H and O–H groups in total. The molecule has 4 amide bonds. The van der Waals surface area contributed by atoms with E-state index >= 15 is 0 Å². The number of piperazine rings is 1. The highest BCUT2D eigenvalue weighted by atomic mass is 35.5. The maximum atomic E-state index is 12.6. The van der Waals surface area contributed by atoms with Gasteiger partial charge in [0.05, 0.1) is 21.8 Å². The summed E-state index contributed by atoms with van der Waals surface area (Å²) in [5.41, 5.74) is 0.392. The molecule has 0 spiro atoms. The van der Waals surface area contributed by atoms with Gasteiger partial charge in [0.2, 0.25) is 11.8 Å². The number of hydrogen-bond donors (Lipinski definition) is 3. The van der Waals surface area contributed by atoms with Crippen LogP contribution in [0, 0.1) is 5.92 Å². The summed E-state index contributed by atoms with van der Waals surface area (Å²) in [5, 5.41) is 8.85. The molecule has 0 saturated carbocycles. The van der Waals surface area contributed by atoms with Gasteiger partial charge in [-0.3, -0.25) is 9.59 Å². The largest absolute Gasteiger partial charge is 0.342 e. The predicted octanol–water partition coefficient (Wildman–Crippen LogP) is 2.63. The zero-order valence-electron chi connectivity index (χ0n) is 15.1. The first-order chi connectivity index (χ1) is 12.8. The Bertz CT molecular complexity index is 771. The van der Waals surface area contributed by atoms with Crippen LogP contribution < -0.4 is 16.0 Å². The monoisotopic (exact) mass is 412 g/mol. The topological polar surface area (TPSA) is 90.5 Å². The number of urea groups is 1. The summed E-state index contributed by atoms with van der Waals surface area (Å²) in [4.78, 5) is 38.9. The van der Waals surface area contributed by atoms with E-state index in [0.717, 1.165) is 0 Å². The van der Waals surface area contributed by atoms with E-state index in [4.69, 9.17) is 23.2 Å². The van der Waals surface area contributed by atoms with Crippen molar-refractivity contribution in [3.05, 3.63) is 28.2 Å². The van der Waals surface area contributed by atoms with Crippen molar-refractivity contribution in [2.45, 2.75) is 44.8 Å². The molecule has 0 aromatic heterocycles. The lowest BCUT2D eigenvalue weighted by molar-refractivity contribution is -0.147. The van der Waals surface area contributed by atoms with Gasteiger partial charge < -0.3 is 20.9 Å². The van der Waals surface area contributed by atoms with Crippen molar-refractivity contribution in [3.8, 4) is 0 Å². The van der Waals surface area contributed by atoms with Gasteiger partial charge in [0, 0.05) is 6.54 Å². The molecule has 0 aliphatic carbocycles. The molecule has 0 bridgehead atoms. The standard InChI is InChI=1S/C18H22Cl2N4O3/c1-9(2)6-13-17(26)24-8-10(7-14(24)16(25)22-13)21-18(27)23-12-5-3-4-11(19)15(12)20/h3-5,9-10,13-14H,6-8H2,1-2H3,(H,22,25)(H2,21,23,27)/t10-,13-,14-/m0/s1. The lowest BCUT2D eigenvalue weighted by Crippen LogP contribution is -2.61. The van der Waals surface area contributed by atoms with Gasteiger partial charge >= 0.3 is 6.03 Å². The number of carbonyl (C=O) groups excluding carboxylic acids is 3. The third kappa shape index (κ3) is 4.30. The highest BCUT2D eigenvalue weighted by Gasteiger charge is 2.46. The molecule has 1 aromatic rings. The Morgan fingerprint density at radius 2 is 2.07 bits per heavy atom. The second kappa shape index (κ2) is 7.94. The van der Waals surface area contributed by atoms with Crippen LogP contribution in [0.25, 0.3) is 0 Å². The molecular formula is C18H22Cl2N4O3. The minimum Gasteiger partial charge on any atom is -0.342 e. The van der Waals surface area contributed by atoms with Crippen LogP contribution in [-0.4, -0.2) is 47.4 Å². The number of nitrogens with zero attached hydrogens (tertiary/aromatic N) is 1. The van der Waals surface area contributed by atoms with Crippen LogP contribution >= 0.6 is 23.2 Å². The van der Waals surface area contributed by atoms with Gasteiger partial charge in [0.25, 0.3) is 0 Å². The number of hydrogen-bond acceptors (Lipinski definition) is 3. The van der Waals surface area contributed by atoms with Gasteiger partial charge in [0.15, 0.2) is 0 Å². The molecule has 9 heteroatoms. The number of nitrogens with one attached hydrogen (secondary N) is 3. The Morgan fingerprint density at radius 1 is 1.33 bits per heavy atom. The minimum atomic E-state index is -0.541. The summed E-state index contributed by atoms with van der Waals surface area (Å²) in [5.74, 6) is 0.0410. The van der Waals surface area contributed by atoms with Crippen molar-refractivity contribution in [1.82, 2.24) is 15.5 Å². The third-order valence-electron chi connectivity index (χ3n) is 4.74. The first-order valence-electron chi connectivity index (χ1n) is 8.88. The van der Waals surface area contributed by atoms with Gasteiger partial charge in [-0.2, -0.15) is 0 Å². The zero-order chi connectivity index (χ0) is 19.7. The lowest BCUT2D eigenvalue weighted by Gasteiger charge is -2.35. The molecule has 2 saturated heterocycles. The average Bonchev–Trinajstić information content (AvgIpc) is 3.00. The fourth-order valence-corrected chi connectivity index (χ4v) is 3.89. The fourth-order valence-electron chi connectivity index (χ4n) is 3.54. The van der Waals surface area contributed by atoms with E-state index in [2.05, 4.69) is 16.0 Å². The molecule has 1 aromatic carbocycles. The minimum absolute atomic E-state index is 0.0871. The average molecular weight is 413 g/mol. The van der Waals surface area contributed by atoms with Crippen molar-refractivity contribution in [2.75, 3.05) is 11.9 Å². The van der Waals surface area contributed by atoms with E-state index in [1.54, 1.807) is 23.1 Å². The normalized spacial score (nSPS) is 24.6. The number of benzene rings is 1.